The minimum absolute atomic E-state index is 0.158. The maximum Gasteiger partial charge on any atom is 0.280 e. The molecule has 0 aliphatic heterocycles. The Hall–Kier alpha value is -3.55. The molecule has 0 amide bonds. The molecule has 8 heteroatoms. The first-order valence-electron chi connectivity index (χ1n) is 7.91. The number of hydrogen-bond acceptors (Lipinski definition) is 7. The topological polar surface area (TPSA) is 113 Å². The number of carbonyl (C=O) groups is 3. The van der Waals surface area contributed by atoms with Crippen molar-refractivity contribution in [2.24, 2.45) is 0 Å². The molecule has 0 radical (unpaired) electrons. The van der Waals surface area contributed by atoms with Gasteiger partial charge in [-0.05, 0) is 24.3 Å². The van der Waals surface area contributed by atoms with Gasteiger partial charge in [-0.25, -0.2) is 0 Å². The number of hydrogen-bond donors (Lipinski definition) is 0. The molecule has 2 aromatic rings. The first-order valence-corrected chi connectivity index (χ1v) is 7.91. The Morgan fingerprint density at radius 3 is 2.19 bits per heavy atom. The monoisotopic (exact) mass is 371 g/mol. The fourth-order valence-corrected chi connectivity index (χ4v) is 2.50. The van der Waals surface area contributed by atoms with E-state index in [0.717, 1.165) is 0 Å². The maximum atomic E-state index is 12.3. The van der Waals surface area contributed by atoms with Crippen molar-refractivity contribution in [2.75, 3.05) is 14.2 Å². The van der Waals surface area contributed by atoms with Gasteiger partial charge in [0.1, 0.15) is 5.78 Å². The number of Topliss-reactive ketones (excluding diaryl/α,β-unsaturated/α-hetero) is 3. The third kappa shape index (κ3) is 4.75. The molecule has 8 nitrogen and oxygen atoms in total. The number of methoxy groups -OCH3 is 2. The van der Waals surface area contributed by atoms with Crippen molar-refractivity contribution < 1.29 is 28.8 Å². The minimum atomic E-state index is -0.701. The lowest BCUT2D eigenvalue weighted by Crippen LogP contribution is -2.14. The van der Waals surface area contributed by atoms with Crippen molar-refractivity contribution in [3.05, 3.63) is 63.7 Å². The second-order valence-electron chi connectivity index (χ2n) is 5.58. The van der Waals surface area contributed by atoms with Crippen LogP contribution in [0.1, 0.15) is 33.6 Å². The summed E-state index contributed by atoms with van der Waals surface area (Å²) in [6.45, 7) is 0. The van der Waals surface area contributed by atoms with E-state index in [1.165, 1.54) is 56.7 Å². The number of ketones is 3. The van der Waals surface area contributed by atoms with Crippen molar-refractivity contribution in [2.45, 2.75) is 12.8 Å². The predicted molar refractivity (Wildman–Crippen MR) is 95.5 cm³/mol. The van der Waals surface area contributed by atoms with Crippen LogP contribution in [0.15, 0.2) is 42.5 Å². The van der Waals surface area contributed by atoms with Crippen molar-refractivity contribution in [3.63, 3.8) is 0 Å². The SMILES string of the molecule is COc1ccc(C(=O)CC(=O)CC(=O)c2ccccc2[N+](=O)[O-])cc1OC. The Labute approximate surface area is 154 Å². The number of carbonyl (C=O) groups excluding carboxylic acids is 3. The predicted octanol–water partition coefficient (Wildman–Crippen LogP) is 3.03. The van der Waals surface area contributed by atoms with Gasteiger partial charge in [-0.2, -0.15) is 0 Å². The lowest BCUT2D eigenvalue weighted by Gasteiger charge is -2.09. The van der Waals surface area contributed by atoms with Gasteiger partial charge in [-0.15, -0.1) is 0 Å². The molecule has 0 saturated carbocycles. The summed E-state index contributed by atoms with van der Waals surface area (Å²) in [6.07, 6.45) is -1.09. The summed E-state index contributed by atoms with van der Waals surface area (Å²) < 4.78 is 10.2. The average Bonchev–Trinajstić information content (AvgIpc) is 2.66. The van der Waals surface area contributed by atoms with Gasteiger partial charge in [0.15, 0.2) is 23.1 Å². The van der Waals surface area contributed by atoms with E-state index in [1.54, 1.807) is 0 Å². The zero-order valence-corrected chi connectivity index (χ0v) is 14.8. The number of para-hydroxylation sites is 1. The molecular weight excluding hydrogens is 354 g/mol. The summed E-state index contributed by atoms with van der Waals surface area (Å²) in [4.78, 5) is 46.9. The second-order valence-corrected chi connectivity index (χ2v) is 5.58. The maximum absolute atomic E-state index is 12.3. The van der Waals surface area contributed by atoms with Crippen LogP contribution in [0.3, 0.4) is 0 Å². The van der Waals surface area contributed by atoms with Gasteiger partial charge in [0.2, 0.25) is 0 Å². The Balaban J connectivity index is 2.08. The highest BCUT2D eigenvalue weighted by atomic mass is 16.6. The van der Waals surface area contributed by atoms with Gasteiger partial charge in [0, 0.05) is 11.6 Å². The molecule has 0 aliphatic carbocycles. The fraction of sp³-hybridized carbons (Fsp3) is 0.211. The molecule has 0 bridgehead atoms. The van der Waals surface area contributed by atoms with Gasteiger partial charge in [0.25, 0.3) is 5.69 Å². The summed E-state index contributed by atoms with van der Waals surface area (Å²) in [7, 11) is 2.87. The molecule has 0 heterocycles. The molecule has 0 unspecified atom stereocenters. The molecule has 0 atom stereocenters. The molecule has 0 saturated heterocycles. The normalized spacial score (nSPS) is 10.1. The third-order valence-corrected chi connectivity index (χ3v) is 3.82. The van der Waals surface area contributed by atoms with E-state index in [2.05, 4.69) is 0 Å². The number of benzene rings is 2. The fourth-order valence-electron chi connectivity index (χ4n) is 2.50. The number of nitro groups is 1. The molecule has 2 rings (SSSR count). The van der Waals surface area contributed by atoms with Crippen LogP contribution in [-0.4, -0.2) is 36.5 Å². The quantitative estimate of drug-likeness (QED) is 0.288. The zero-order chi connectivity index (χ0) is 20.0. The van der Waals surface area contributed by atoms with Crippen LogP contribution < -0.4 is 9.47 Å². The summed E-state index contributed by atoms with van der Waals surface area (Å²) in [5.74, 6) is -1.04. The largest absolute Gasteiger partial charge is 0.493 e. The van der Waals surface area contributed by atoms with Crippen LogP contribution in [0.4, 0.5) is 5.69 Å². The minimum Gasteiger partial charge on any atom is -0.493 e. The number of nitrogens with zero attached hydrogens (tertiary/aromatic N) is 1. The average molecular weight is 371 g/mol. The second kappa shape index (κ2) is 8.70. The summed E-state index contributed by atoms with van der Waals surface area (Å²) in [5, 5.41) is 11.0. The van der Waals surface area contributed by atoms with Gasteiger partial charge in [-0.1, -0.05) is 12.1 Å². The van der Waals surface area contributed by atoms with Crippen LogP contribution in [0.25, 0.3) is 0 Å². The van der Waals surface area contributed by atoms with E-state index >= 15 is 0 Å². The summed E-state index contributed by atoms with van der Waals surface area (Å²) in [6, 6.07) is 9.83. The lowest BCUT2D eigenvalue weighted by molar-refractivity contribution is -0.385. The van der Waals surface area contributed by atoms with Crippen LogP contribution in [0.5, 0.6) is 11.5 Å². The molecule has 0 N–H and O–H groups in total. The van der Waals surface area contributed by atoms with Gasteiger partial charge in [0.05, 0.1) is 37.5 Å². The van der Waals surface area contributed by atoms with Crippen LogP contribution in [0.2, 0.25) is 0 Å². The number of rotatable bonds is 9. The highest BCUT2D eigenvalue weighted by molar-refractivity contribution is 6.16. The van der Waals surface area contributed by atoms with Gasteiger partial charge in [-0.3, -0.25) is 24.5 Å². The molecular formula is C19H17NO7. The molecule has 140 valence electrons. The number of nitro benzene ring substituents is 1. The van der Waals surface area contributed by atoms with Gasteiger partial charge >= 0.3 is 0 Å². The zero-order valence-electron chi connectivity index (χ0n) is 14.8. The molecule has 0 aliphatic rings. The van der Waals surface area contributed by atoms with E-state index in [0.29, 0.717) is 11.5 Å². The Morgan fingerprint density at radius 2 is 1.56 bits per heavy atom. The van der Waals surface area contributed by atoms with Crippen molar-refractivity contribution in [1.29, 1.82) is 0 Å². The molecule has 0 spiro atoms. The van der Waals surface area contributed by atoms with Crippen LogP contribution in [0, 0.1) is 10.1 Å². The first kappa shape index (κ1) is 19.8. The third-order valence-electron chi connectivity index (χ3n) is 3.82. The molecule has 27 heavy (non-hydrogen) atoms. The highest BCUT2D eigenvalue weighted by Crippen LogP contribution is 2.28. The first-order chi connectivity index (χ1) is 12.9. The molecule has 0 fully saturated rings. The Kier molecular flexibility index (Phi) is 6.37. The van der Waals surface area contributed by atoms with E-state index in [-0.39, 0.29) is 16.8 Å². The summed E-state index contributed by atoms with van der Waals surface area (Å²) in [5.41, 5.74) is -0.296. The molecule has 2 aromatic carbocycles. The van der Waals surface area contributed by atoms with Crippen LogP contribution in [-0.2, 0) is 4.79 Å². The van der Waals surface area contributed by atoms with Crippen molar-refractivity contribution >= 4 is 23.0 Å². The highest BCUT2D eigenvalue weighted by Gasteiger charge is 2.23. The van der Waals surface area contributed by atoms with Crippen LogP contribution >= 0.6 is 0 Å². The van der Waals surface area contributed by atoms with Crippen molar-refractivity contribution in [1.82, 2.24) is 0 Å². The summed E-state index contributed by atoms with van der Waals surface area (Å²) >= 11 is 0. The van der Waals surface area contributed by atoms with E-state index in [1.807, 2.05) is 0 Å². The van der Waals surface area contributed by atoms with E-state index in [4.69, 9.17) is 9.47 Å². The van der Waals surface area contributed by atoms with Crippen molar-refractivity contribution in [3.8, 4) is 11.5 Å². The van der Waals surface area contributed by atoms with E-state index in [9.17, 15) is 24.5 Å². The standard InChI is InChI=1S/C19H17NO7/c1-26-18-8-7-12(9-19(18)27-2)16(22)10-13(21)11-17(23)14-5-3-4-6-15(14)20(24)25/h3-9H,10-11H2,1-2H3. The Bertz CT molecular complexity index is 905. The molecule has 0 aromatic heterocycles. The number of ether oxygens (including phenoxy) is 2. The smallest absolute Gasteiger partial charge is 0.280 e. The lowest BCUT2D eigenvalue weighted by atomic mass is 9.99. The Morgan fingerprint density at radius 1 is 0.926 bits per heavy atom. The van der Waals surface area contributed by atoms with Gasteiger partial charge < -0.3 is 9.47 Å². The van der Waals surface area contributed by atoms with E-state index < -0.39 is 35.1 Å².